The summed E-state index contributed by atoms with van der Waals surface area (Å²) in [7, 11) is -3.39. The summed E-state index contributed by atoms with van der Waals surface area (Å²) in [5.74, 6) is 0.688. The van der Waals surface area contributed by atoms with Crippen LogP contribution in [0.2, 0.25) is 0 Å². The van der Waals surface area contributed by atoms with Crippen LogP contribution >= 0.6 is 0 Å². The average molecular weight is 439 g/mol. The molecule has 10 heteroatoms. The van der Waals surface area contributed by atoms with Gasteiger partial charge in [-0.25, -0.2) is 4.68 Å². The van der Waals surface area contributed by atoms with Crippen LogP contribution < -0.4 is 5.32 Å². The summed E-state index contributed by atoms with van der Waals surface area (Å²) in [4.78, 5) is 14.6. The smallest absolute Gasteiger partial charge is 0.282 e. The zero-order valence-electron chi connectivity index (χ0n) is 17.7. The second kappa shape index (κ2) is 9.76. The number of carbonyl (C=O) groups is 1. The Hall–Kier alpha value is -1.49. The topological polar surface area (TPSA) is 90.8 Å². The lowest BCUT2D eigenvalue weighted by Crippen LogP contribution is -2.54. The average Bonchev–Trinajstić information content (AvgIpc) is 3.33. The third kappa shape index (κ3) is 5.04. The van der Waals surface area contributed by atoms with Crippen LogP contribution in [0.5, 0.6) is 0 Å². The highest BCUT2D eigenvalue weighted by Crippen LogP contribution is 2.31. The van der Waals surface area contributed by atoms with E-state index in [2.05, 4.69) is 10.4 Å². The molecule has 0 unspecified atom stereocenters. The number of hydrogen-bond acceptors (Lipinski definition) is 5. The minimum Gasteiger partial charge on any atom is -0.310 e. The summed E-state index contributed by atoms with van der Waals surface area (Å²) in [6.45, 7) is 3.54. The zero-order chi connectivity index (χ0) is 21.0. The fourth-order valence-corrected chi connectivity index (χ4v) is 6.46. The van der Waals surface area contributed by atoms with Crippen molar-refractivity contribution in [3.05, 3.63) is 12.3 Å². The highest BCUT2D eigenvalue weighted by Gasteiger charge is 2.33. The number of carbonyl (C=O) groups excluding carboxylic acids is 1. The maximum absolute atomic E-state index is 12.9. The summed E-state index contributed by atoms with van der Waals surface area (Å²) < 4.78 is 31.1. The second-order valence-corrected chi connectivity index (χ2v) is 10.6. The van der Waals surface area contributed by atoms with Crippen LogP contribution in [-0.2, 0) is 15.0 Å². The molecule has 3 fully saturated rings. The van der Waals surface area contributed by atoms with Crippen molar-refractivity contribution in [3.8, 4) is 0 Å². The molecule has 3 heterocycles. The van der Waals surface area contributed by atoms with E-state index in [1.165, 1.54) is 12.8 Å². The van der Waals surface area contributed by atoms with Crippen molar-refractivity contribution in [2.45, 2.75) is 57.4 Å². The van der Waals surface area contributed by atoms with Crippen molar-refractivity contribution >= 4 is 21.9 Å². The van der Waals surface area contributed by atoms with Crippen molar-refractivity contribution in [2.24, 2.45) is 0 Å². The van der Waals surface area contributed by atoms with Gasteiger partial charge in [0.1, 0.15) is 5.82 Å². The summed E-state index contributed by atoms with van der Waals surface area (Å²) in [5, 5.41) is 7.39. The van der Waals surface area contributed by atoms with E-state index in [0.29, 0.717) is 45.3 Å². The van der Waals surface area contributed by atoms with Gasteiger partial charge in [0.15, 0.2) is 0 Å². The fourth-order valence-electron chi connectivity index (χ4n) is 4.79. The van der Waals surface area contributed by atoms with E-state index in [1.54, 1.807) is 14.8 Å². The fraction of sp³-hybridized carbons (Fsp3) is 0.800. The summed E-state index contributed by atoms with van der Waals surface area (Å²) in [5.41, 5.74) is 0. The third-order valence-electron chi connectivity index (χ3n) is 6.52. The third-order valence-corrected chi connectivity index (χ3v) is 8.56. The largest absolute Gasteiger partial charge is 0.310 e. The highest BCUT2D eigenvalue weighted by molar-refractivity contribution is 7.86. The number of amides is 1. The van der Waals surface area contributed by atoms with Crippen LogP contribution in [0.25, 0.3) is 0 Å². The lowest BCUT2D eigenvalue weighted by atomic mass is 10.2. The first kappa shape index (κ1) is 21.7. The van der Waals surface area contributed by atoms with Gasteiger partial charge in [-0.3, -0.25) is 9.69 Å². The van der Waals surface area contributed by atoms with Gasteiger partial charge in [-0.2, -0.15) is 22.1 Å². The maximum atomic E-state index is 12.9. The van der Waals surface area contributed by atoms with Gasteiger partial charge in [-0.05, 0) is 25.7 Å². The molecule has 1 aliphatic carbocycles. The molecule has 0 spiro atoms. The number of hydrogen-bond donors (Lipinski definition) is 1. The molecule has 1 aromatic rings. The Morgan fingerprint density at radius 3 is 2.23 bits per heavy atom. The van der Waals surface area contributed by atoms with Crippen LogP contribution in [0.15, 0.2) is 12.3 Å². The normalized spacial score (nSPS) is 23.5. The van der Waals surface area contributed by atoms with Gasteiger partial charge in [0.25, 0.3) is 10.2 Å². The van der Waals surface area contributed by atoms with Crippen LogP contribution in [0.3, 0.4) is 0 Å². The van der Waals surface area contributed by atoms with Gasteiger partial charge in [-0.1, -0.05) is 25.7 Å². The first-order valence-corrected chi connectivity index (χ1v) is 12.7. The summed E-state index contributed by atoms with van der Waals surface area (Å²) in [6, 6.07) is 2.23. The molecule has 0 radical (unpaired) electrons. The zero-order valence-corrected chi connectivity index (χ0v) is 18.5. The molecule has 30 heavy (non-hydrogen) atoms. The number of rotatable bonds is 6. The minimum atomic E-state index is -3.39. The van der Waals surface area contributed by atoms with Gasteiger partial charge in [0, 0.05) is 45.3 Å². The van der Waals surface area contributed by atoms with Gasteiger partial charge in [-0.15, -0.1) is 0 Å². The van der Waals surface area contributed by atoms with Crippen molar-refractivity contribution in [1.29, 1.82) is 0 Å². The molecule has 1 saturated carbocycles. The lowest BCUT2D eigenvalue weighted by molar-refractivity contribution is -0.117. The van der Waals surface area contributed by atoms with E-state index >= 15 is 0 Å². The Kier molecular flexibility index (Phi) is 7.07. The molecule has 2 aliphatic heterocycles. The van der Waals surface area contributed by atoms with Gasteiger partial charge in [0.05, 0.1) is 18.8 Å². The first-order chi connectivity index (χ1) is 14.5. The van der Waals surface area contributed by atoms with Crippen LogP contribution in [0.4, 0.5) is 5.82 Å². The van der Waals surface area contributed by atoms with Crippen molar-refractivity contribution < 1.29 is 13.2 Å². The lowest BCUT2D eigenvalue weighted by Gasteiger charge is -2.36. The molecule has 0 bridgehead atoms. The summed E-state index contributed by atoms with van der Waals surface area (Å²) >= 11 is 0. The predicted octanol–water partition coefficient (Wildman–Crippen LogP) is 1.68. The molecule has 0 aromatic carbocycles. The van der Waals surface area contributed by atoms with Crippen molar-refractivity contribution in [3.63, 3.8) is 0 Å². The molecular weight excluding hydrogens is 404 g/mol. The Morgan fingerprint density at radius 2 is 1.57 bits per heavy atom. The van der Waals surface area contributed by atoms with Crippen LogP contribution in [-0.4, -0.2) is 83.4 Å². The molecule has 4 rings (SSSR count). The molecular formula is C20H34N6O3S. The van der Waals surface area contributed by atoms with Gasteiger partial charge >= 0.3 is 0 Å². The number of nitrogens with zero attached hydrogens (tertiary/aromatic N) is 5. The molecule has 1 N–H and O–H groups in total. The standard InChI is InChI=1S/C20H34N6O3S/c27-20(22-19-9-10-21-26(19)18-7-3-4-8-18)17-23-13-15-25(16-14-23)30(28,29)24-11-5-1-2-6-12-24/h9-10,18H,1-8,11-17H2,(H,22,27). The van der Waals surface area contributed by atoms with E-state index in [9.17, 15) is 13.2 Å². The van der Waals surface area contributed by atoms with Gasteiger partial charge < -0.3 is 5.32 Å². The summed E-state index contributed by atoms with van der Waals surface area (Å²) in [6.07, 6.45) is 10.5. The maximum Gasteiger partial charge on any atom is 0.282 e. The SMILES string of the molecule is O=C(CN1CCN(S(=O)(=O)N2CCCCCC2)CC1)Nc1ccnn1C1CCCC1. The molecule has 1 aromatic heterocycles. The second-order valence-electron chi connectivity index (χ2n) is 8.64. The number of piperazine rings is 1. The highest BCUT2D eigenvalue weighted by atomic mass is 32.2. The Morgan fingerprint density at radius 1 is 0.933 bits per heavy atom. The Balaban J connectivity index is 1.26. The van der Waals surface area contributed by atoms with E-state index in [0.717, 1.165) is 44.3 Å². The Bertz CT molecular complexity index is 804. The van der Waals surface area contributed by atoms with E-state index in [1.807, 2.05) is 15.6 Å². The van der Waals surface area contributed by atoms with Crippen LogP contribution in [0, 0.1) is 0 Å². The Labute approximate surface area is 179 Å². The van der Waals surface area contributed by atoms with E-state index < -0.39 is 10.2 Å². The molecule has 168 valence electrons. The quantitative estimate of drug-likeness (QED) is 0.730. The number of anilines is 1. The predicted molar refractivity (Wildman–Crippen MR) is 115 cm³/mol. The minimum absolute atomic E-state index is 0.0708. The number of nitrogens with one attached hydrogen (secondary N) is 1. The monoisotopic (exact) mass is 438 g/mol. The first-order valence-electron chi connectivity index (χ1n) is 11.3. The molecule has 2 saturated heterocycles. The number of aromatic nitrogens is 2. The van der Waals surface area contributed by atoms with Gasteiger partial charge in [0.2, 0.25) is 5.91 Å². The van der Waals surface area contributed by atoms with Crippen LogP contribution in [0.1, 0.15) is 57.4 Å². The van der Waals surface area contributed by atoms with E-state index in [-0.39, 0.29) is 12.5 Å². The molecule has 1 amide bonds. The molecule has 9 nitrogen and oxygen atoms in total. The van der Waals surface area contributed by atoms with E-state index in [4.69, 9.17) is 0 Å². The molecule has 3 aliphatic rings. The molecule has 0 atom stereocenters. The van der Waals surface area contributed by atoms with Crippen molar-refractivity contribution in [1.82, 2.24) is 23.3 Å². The van der Waals surface area contributed by atoms with Crippen molar-refractivity contribution in [2.75, 3.05) is 51.1 Å².